The number of ether oxygens (including phenoxy) is 2. The molecule has 0 aliphatic rings. The van der Waals surface area contributed by atoms with Gasteiger partial charge in [0, 0.05) is 10.6 Å². The van der Waals surface area contributed by atoms with E-state index in [0.29, 0.717) is 26.6 Å². The Morgan fingerprint density at radius 1 is 1.08 bits per heavy atom. The minimum atomic E-state index is 0.207. The van der Waals surface area contributed by atoms with Crippen molar-refractivity contribution in [3.8, 4) is 11.5 Å². The molecular weight excluding hydrogens is 399 g/mol. The summed E-state index contributed by atoms with van der Waals surface area (Å²) in [5.41, 5.74) is 1.66. The molecule has 134 valence electrons. The zero-order chi connectivity index (χ0) is 18.5. The molecule has 1 aromatic heterocycles. The van der Waals surface area contributed by atoms with Gasteiger partial charge in [-0.05, 0) is 35.9 Å². The first kappa shape index (κ1) is 18.5. The summed E-state index contributed by atoms with van der Waals surface area (Å²) in [6, 6.07) is 8.74. The number of hydrogen-bond donors (Lipinski definition) is 0. The molecule has 0 fully saturated rings. The SMILES string of the molecule is COc1ccc(/C=N\n2cnnc2)cc1COc1c(Cl)cc(Cl)cc1Cl. The summed E-state index contributed by atoms with van der Waals surface area (Å²) in [6.07, 6.45) is 4.66. The van der Waals surface area contributed by atoms with Gasteiger partial charge in [-0.1, -0.05) is 34.8 Å². The predicted molar refractivity (Wildman–Crippen MR) is 102 cm³/mol. The highest BCUT2D eigenvalue weighted by molar-refractivity contribution is 6.40. The summed E-state index contributed by atoms with van der Waals surface area (Å²) in [7, 11) is 1.59. The Labute approximate surface area is 164 Å². The molecule has 3 aromatic rings. The number of halogens is 3. The normalized spacial score (nSPS) is 11.1. The molecule has 9 heteroatoms. The molecule has 26 heavy (non-hydrogen) atoms. The third-order valence-corrected chi connectivity index (χ3v) is 4.17. The van der Waals surface area contributed by atoms with Gasteiger partial charge in [0.25, 0.3) is 0 Å². The first-order valence-corrected chi connectivity index (χ1v) is 8.53. The van der Waals surface area contributed by atoms with Crippen LogP contribution in [0.5, 0.6) is 11.5 Å². The number of benzene rings is 2. The maximum atomic E-state index is 6.15. The Morgan fingerprint density at radius 2 is 1.77 bits per heavy atom. The van der Waals surface area contributed by atoms with Crippen LogP contribution in [0.15, 0.2) is 48.1 Å². The second kappa shape index (κ2) is 8.40. The van der Waals surface area contributed by atoms with Crippen LogP contribution in [0, 0.1) is 0 Å². The highest BCUT2D eigenvalue weighted by Crippen LogP contribution is 2.36. The monoisotopic (exact) mass is 410 g/mol. The maximum Gasteiger partial charge on any atom is 0.157 e. The van der Waals surface area contributed by atoms with Crippen molar-refractivity contribution in [1.29, 1.82) is 0 Å². The van der Waals surface area contributed by atoms with Crippen LogP contribution in [0.3, 0.4) is 0 Å². The second-order valence-electron chi connectivity index (χ2n) is 5.14. The van der Waals surface area contributed by atoms with Crippen LogP contribution < -0.4 is 9.47 Å². The van der Waals surface area contributed by atoms with E-state index in [-0.39, 0.29) is 6.61 Å². The summed E-state index contributed by atoms with van der Waals surface area (Å²) in [4.78, 5) is 0. The quantitative estimate of drug-likeness (QED) is 0.551. The first-order chi connectivity index (χ1) is 12.6. The van der Waals surface area contributed by atoms with Crippen molar-refractivity contribution in [2.24, 2.45) is 5.10 Å². The third kappa shape index (κ3) is 4.46. The highest BCUT2D eigenvalue weighted by atomic mass is 35.5. The lowest BCUT2D eigenvalue weighted by Crippen LogP contribution is -2.01. The van der Waals surface area contributed by atoms with Gasteiger partial charge < -0.3 is 9.47 Å². The van der Waals surface area contributed by atoms with Crippen molar-refractivity contribution in [3.05, 3.63) is 69.2 Å². The van der Waals surface area contributed by atoms with E-state index in [1.165, 1.54) is 17.3 Å². The number of rotatable bonds is 6. The summed E-state index contributed by atoms with van der Waals surface area (Å²) in [6.45, 7) is 0.207. The molecule has 6 nitrogen and oxygen atoms in total. The summed E-state index contributed by atoms with van der Waals surface area (Å²) in [5, 5.41) is 12.7. The first-order valence-electron chi connectivity index (χ1n) is 7.40. The van der Waals surface area contributed by atoms with Gasteiger partial charge in [-0.2, -0.15) is 5.10 Å². The molecule has 1 heterocycles. The van der Waals surface area contributed by atoms with Crippen molar-refractivity contribution < 1.29 is 9.47 Å². The molecule has 0 N–H and O–H groups in total. The number of aromatic nitrogens is 3. The van der Waals surface area contributed by atoms with Gasteiger partial charge in [0.05, 0.1) is 23.4 Å². The predicted octanol–water partition coefficient (Wildman–Crippen LogP) is 4.71. The van der Waals surface area contributed by atoms with Crippen molar-refractivity contribution in [3.63, 3.8) is 0 Å². The van der Waals surface area contributed by atoms with E-state index >= 15 is 0 Å². The molecule has 0 atom stereocenters. The topological polar surface area (TPSA) is 61.5 Å². The molecule has 2 aromatic carbocycles. The lowest BCUT2D eigenvalue weighted by Gasteiger charge is -2.13. The standard InChI is InChI=1S/C17H13Cl3N4O2/c1-25-16-3-2-11(7-23-24-9-21-22-10-24)4-12(16)8-26-17-14(19)5-13(18)6-15(17)20/h2-7,9-10H,8H2,1H3/b23-7-. The molecule has 0 unspecified atom stereocenters. The van der Waals surface area contributed by atoms with Gasteiger partial charge in [0.1, 0.15) is 25.0 Å². The highest BCUT2D eigenvalue weighted by Gasteiger charge is 2.11. The molecule has 0 amide bonds. The van der Waals surface area contributed by atoms with E-state index < -0.39 is 0 Å². The molecule has 0 radical (unpaired) electrons. The lowest BCUT2D eigenvalue weighted by molar-refractivity contribution is 0.297. The Morgan fingerprint density at radius 3 is 2.42 bits per heavy atom. The van der Waals surface area contributed by atoms with Crippen LogP contribution in [0.4, 0.5) is 0 Å². The van der Waals surface area contributed by atoms with Gasteiger partial charge in [0.2, 0.25) is 0 Å². The van der Waals surface area contributed by atoms with Gasteiger partial charge in [-0.3, -0.25) is 0 Å². The summed E-state index contributed by atoms with van der Waals surface area (Å²) in [5.74, 6) is 1.04. The average molecular weight is 412 g/mol. The van der Waals surface area contributed by atoms with Gasteiger partial charge in [-0.15, -0.1) is 10.2 Å². The van der Waals surface area contributed by atoms with Crippen molar-refractivity contribution in [2.75, 3.05) is 7.11 Å². The molecule has 0 aliphatic heterocycles. The number of nitrogens with zero attached hydrogens (tertiary/aromatic N) is 4. The Kier molecular flexibility index (Phi) is 5.98. The largest absolute Gasteiger partial charge is 0.496 e. The van der Waals surface area contributed by atoms with E-state index in [1.807, 2.05) is 18.2 Å². The van der Waals surface area contributed by atoms with Crippen LogP contribution in [-0.2, 0) is 6.61 Å². The fraction of sp³-hybridized carbons (Fsp3) is 0.118. The molecule has 0 saturated carbocycles. The Hall–Kier alpha value is -2.28. The van der Waals surface area contributed by atoms with E-state index in [1.54, 1.807) is 25.5 Å². The summed E-state index contributed by atoms with van der Waals surface area (Å²) < 4.78 is 12.7. The molecule has 0 aliphatic carbocycles. The molecule has 0 spiro atoms. The van der Waals surface area contributed by atoms with Gasteiger partial charge in [0.15, 0.2) is 5.75 Å². The molecule has 3 rings (SSSR count). The van der Waals surface area contributed by atoms with Crippen LogP contribution >= 0.6 is 34.8 Å². The zero-order valence-corrected chi connectivity index (χ0v) is 15.8. The average Bonchev–Trinajstić information content (AvgIpc) is 3.12. The van der Waals surface area contributed by atoms with Crippen molar-refractivity contribution in [1.82, 2.24) is 14.9 Å². The van der Waals surface area contributed by atoms with Crippen LogP contribution in [0.25, 0.3) is 0 Å². The van der Waals surface area contributed by atoms with Gasteiger partial charge >= 0.3 is 0 Å². The van der Waals surface area contributed by atoms with Crippen LogP contribution in [0.2, 0.25) is 15.1 Å². The smallest absolute Gasteiger partial charge is 0.157 e. The van der Waals surface area contributed by atoms with E-state index in [9.17, 15) is 0 Å². The Bertz CT molecular complexity index is 907. The number of hydrogen-bond acceptors (Lipinski definition) is 5. The zero-order valence-electron chi connectivity index (χ0n) is 13.6. The third-order valence-electron chi connectivity index (χ3n) is 3.39. The number of methoxy groups -OCH3 is 1. The summed E-state index contributed by atoms with van der Waals surface area (Å²) >= 11 is 18.2. The Balaban J connectivity index is 1.81. The van der Waals surface area contributed by atoms with Gasteiger partial charge in [-0.25, -0.2) is 4.68 Å². The fourth-order valence-corrected chi connectivity index (χ4v) is 3.12. The van der Waals surface area contributed by atoms with Crippen LogP contribution in [-0.4, -0.2) is 28.2 Å². The second-order valence-corrected chi connectivity index (χ2v) is 6.40. The van der Waals surface area contributed by atoms with E-state index in [2.05, 4.69) is 15.3 Å². The lowest BCUT2D eigenvalue weighted by atomic mass is 10.1. The molecule has 0 saturated heterocycles. The minimum Gasteiger partial charge on any atom is -0.496 e. The fourth-order valence-electron chi connectivity index (χ4n) is 2.20. The van der Waals surface area contributed by atoms with Crippen LogP contribution in [0.1, 0.15) is 11.1 Å². The molecular formula is C17H13Cl3N4O2. The van der Waals surface area contributed by atoms with Crippen molar-refractivity contribution in [2.45, 2.75) is 6.61 Å². The van der Waals surface area contributed by atoms with E-state index in [4.69, 9.17) is 44.3 Å². The molecule has 0 bridgehead atoms. The minimum absolute atomic E-state index is 0.207. The maximum absolute atomic E-state index is 6.15. The van der Waals surface area contributed by atoms with E-state index in [0.717, 1.165) is 11.1 Å². The van der Waals surface area contributed by atoms with Crippen molar-refractivity contribution >= 4 is 41.0 Å².